The lowest BCUT2D eigenvalue weighted by Crippen LogP contribution is -2.00. The predicted molar refractivity (Wildman–Crippen MR) is 77.7 cm³/mol. The van der Waals surface area contributed by atoms with E-state index in [4.69, 9.17) is 0 Å². The van der Waals surface area contributed by atoms with Crippen LogP contribution >= 0.6 is 0 Å². The molecule has 18 heavy (non-hydrogen) atoms. The number of rotatable bonds is 2. The Kier molecular flexibility index (Phi) is 4.04. The minimum Gasteiger partial charge on any atom is -0.374 e. The highest BCUT2D eigenvalue weighted by Gasteiger charge is 1.92. The summed E-state index contributed by atoms with van der Waals surface area (Å²) in [4.78, 5) is 0. The smallest absolute Gasteiger partial charge is 0.0769 e. The van der Waals surface area contributed by atoms with E-state index in [1.807, 2.05) is 12.1 Å². The summed E-state index contributed by atoms with van der Waals surface area (Å²) in [6, 6.07) is 16.5. The zero-order valence-electron chi connectivity index (χ0n) is 10.8. The van der Waals surface area contributed by atoms with E-state index in [0.717, 1.165) is 11.3 Å². The van der Waals surface area contributed by atoms with Gasteiger partial charge in [-0.05, 0) is 37.6 Å². The van der Waals surface area contributed by atoms with E-state index >= 15 is 0 Å². The molecule has 2 aromatic rings. The van der Waals surface area contributed by atoms with Gasteiger partial charge in [0.05, 0.1) is 6.54 Å². The monoisotopic (exact) mass is 235 g/mol. The van der Waals surface area contributed by atoms with Gasteiger partial charge in [0.2, 0.25) is 0 Å². The summed E-state index contributed by atoms with van der Waals surface area (Å²) in [5.74, 6) is 6.28. The van der Waals surface area contributed by atoms with Crippen molar-refractivity contribution in [1.29, 1.82) is 0 Å². The molecule has 0 aliphatic carbocycles. The average Bonchev–Trinajstić information content (AvgIpc) is 2.39. The second-order valence-corrected chi connectivity index (χ2v) is 4.34. The van der Waals surface area contributed by atoms with Crippen molar-refractivity contribution in [2.24, 2.45) is 0 Å². The first-order chi connectivity index (χ1) is 8.75. The quantitative estimate of drug-likeness (QED) is 0.781. The summed E-state index contributed by atoms with van der Waals surface area (Å²) < 4.78 is 0. The Balaban J connectivity index is 1.93. The fourth-order valence-electron chi connectivity index (χ4n) is 1.69. The normalized spacial score (nSPS) is 9.44. The lowest BCUT2D eigenvalue weighted by molar-refractivity contribution is 1.33. The van der Waals surface area contributed by atoms with Crippen molar-refractivity contribution in [1.82, 2.24) is 0 Å². The predicted octanol–water partition coefficient (Wildman–Crippen LogP) is 3.77. The summed E-state index contributed by atoms with van der Waals surface area (Å²) in [6.45, 7) is 4.84. The van der Waals surface area contributed by atoms with Crippen molar-refractivity contribution < 1.29 is 0 Å². The lowest BCUT2D eigenvalue weighted by atomic mass is 10.1. The maximum atomic E-state index is 3.32. The number of para-hydroxylation sites is 1. The van der Waals surface area contributed by atoms with E-state index in [9.17, 15) is 0 Å². The number of benzene rings is 2. The molecule has 0 spiro atoms. The Labute approximate surface area is 109 Å². The van der Waals surface area contributed by atoms with Crippen molar-refractivity contribution in [2.75, 3.05) is 11.9 Å². The van der Waals surface area contributed by atoms with Crippen LogP contribution in [0.1, 0.15) is 16.7 Å². The summed E-state index contributed by atoms with van der Waals surface area (Å²) in [6.07, 6.45) is 0. The Morgan fingerprint density at radius 3 is 2.39 bits per heavy atom. The molecule has 0 aromatic heterocycles. The molecule has 0 bridgehead atoms. The molecule has 1 nitrogen and oxygen atoms in total. The van der Waals surface area contributed by atoms with Gasteiger partial charge in [-0.15, -0.1) is 0 Å². The van der Waals surface area contributed by atoms with Gasteiger partial charge >= 0.3 is 0 Å². The molecule has 0 fully saturated rings. The largest absolute Gasteiger partial charge is 0.374 e. The first-order valence-corrected chi connectivity index (χ1v) is 6.11. The van der Waals surface area contributed by atoms with Gasteiger partial charge in [-0.3, -0.25) is 0 Å². The zero-order chi connectivity index (χ0) is 12.8. The molecule has 0 radical (unpaired) electrons. The highest BCUT2D eigenvalue weighted by Crippen LogP contribution is 2.12. The molecule has 0 amide bonds. The number of aryl methyl sites for hydroxylation is 2. The minimum absolute atomic E-state index is 0.665. The van der Waals surface area contributed by atoms with E-state index in [1.165, 1.54) is 11.1 Å². The van der Waals surface area contributed by atoms with Crippen molar-refractivity contribution in [3.8, 4) is 11.8 Å². The summed E-state index contributed by atoms with van der Waals surface area (Å²) in [5.41, 5.74) is 4.72. The fraction of sp³-hybridized carbons (Fsp3) is 0.176. The molecule has 0 saturated carbocycles. The first-order valence-electron chi connectivity index (χ1n) is 6.11. The van der Waals surface area contributed by atoms with Gasteiger partial charge in [0.25, 0.3) is 0 Å². The van der Waals surface area contributed by atoms with Gasteiger partial charge < -0.3 is 5.32 Å². The molecule has 90 valence electrons. The summed E-state index contributed by atoms with van der Waals surface area (Å²) >= 11 is 0. The van der Waals surface area contributed by atoms with Gasteiger partial charge in [0, 0.05) is 11.3 Å². The van der Waals surface area contributed by atoms with Gasteiger partial charge in [-0.1, -0.05) is 47.7 Å². The third-order valence-corrected chi connectivity index (χ3v) is 2.80. The van der Waals surface area contributed by atoms with E-state index in [-0.39, 0.29) is 0 Å². The number of nitrogens with one attached hydrogen (secondary N) is 1. The number of hydrogen-bond donors (Lipinski definition) is 1. The van der Waals surface area contributed by atoms with Crippen LogP contribution in [0, 0.1) is 25.7 Å². The van der Waals surface area contributed by atoms with Crippen LogP contribution in [0.2, 0.25) is 0 Å². The molecule has 0 atom stereocenters. The van der Waals surface area contributed by atoms with Crippen molar-refractivity contribution in [2.45, 2.75) is 13.8 Å². The van der Waals surface area contributed by atoms with E-state index in [1.54, 1.807) is 0 Å². The number of hydrogen-bond acceptors (Lipinski definition) is 1. The van der Waals surface area contributed by atoms with Crippen molar-refractivity contribution >= 4 is 5.69 Å². The fourth-order valence-corrected chi connectivity index (χ4v) is 1.69. The topological polar surface area (TPSA) is 12.0 Å². The molecule has 2 rings (SSSR count). The van der Waals surface area contributed by atoms with Crippen LogP contribution in [0.15, 0.2) is 48.5 Å². The third kappa shape index (κ3) is 3.40. The molecule has 1 N–H and O–H groups in total. The van der Waals surface area contributed by atoms with Crippen LogP contribution in [0.5, 0.6) is 0 Å². The van der Waals surface area contributed by atoms with Crippen LogP contribution in [0.25, 0.3) is 0 Å². The van der Waals surface area contributed by atoms with Gasteiger partial charge in [-0.25, -0.2) is 0 Å². The molecule has 0 aliphatic rings. The van der Waals surface area contributed by atoms with Gasteiger partial charge in [0.1, 0.15) is 0 Å². The number of anilines is 1. The van der Waals surface area contributed by atoms with Crippen LogP contribution in [-0.4, -0.2) is 6.54 Å². The Bertz CT molecular complexity index is 571. The first kappa shape index (κ1) is 12.3. The Hall–Kier alpha value is -2.20. The van der Waals surface area contributed by atoms with Gasteiger partial charge in [0.15, 0.2) is 0 Å². The molecule has 0 heterocycles. The second-order valence-electron chi connectivity index (χ2n) is 4.34. The van der Waals surface area contributed by atoms with E-state index in [2.05, 4.69) is 67.4 Å². The molecule has 0 saturated heterocycles. The third-order valence-electron chi connectivity index (χ3n) is 2.80. The maximum Gasteiger partial charge on any atom is 0.0769 e. The standard InChI is InChI=1S/C17H17N/c1-14-9-11-16(12-10-14)7-5-13-18-17-8-4-3-6-15(17)2/h3-4,6,8-12,18H,13H2,1-2H3. The lowest BCUT2D eigenvalue weighted by Gasteiger charge is -2.04. The van der Waals surface area contributed by atoms with Crippen LogP contribution in [0.4, 0.5) is 5.69 Å². The average molecular weight is 235 g/mol. The minimum atomic E-state index is 0.665. The summed E-state index contributed by atoms with van der Waals surface area (Å²) in [7, 11) is 0. The molecule has 0 unspecified atom stereocenters. The second kappa shape index (κ2) is 5.93. The molecular weight excluding hydrogens is 218 g/mol. The Morgan fingerprint density at radius 2 is 1.67 bits per heavy atom. The Morgan fingerprint density at radius 1 is 0.944 bits per heavy atom. The highest BCUT2D eigenvalue weighted by molar-refractivity contribution is 5.51. The van der Waals surface area contributed by atoms with Crippen molar-refractivity contribution in [3.63, 3.8) is 0 Å². The van der Waals surface area contributed by atoms with E-state index < -0.39 is 0 Å². The SMILES string of the molecule is Cc1ccc(C#CCNc2ccccc2C)cc1. The molecule has 0 aliphatic heterocycles. The summed E-state index contributed by atoms with van der Waals surface area (Å²) in [5, 5.41) is 3.32. The zero-order valence-corrected chi connectivity index (χ0v) is 10.8. The highest BCUT2D eigenvalue weighted by atomic mass is 14.9. The molecule has 1 heteroatoms. The molecule has 2 aromatic carbocycles. The van der Waals surface area contributed by atoms with Crippen LogP contribution < -0.4 is 5.32 Å². The van der Waals surface area contributed by atoms with Crippen LogP contribution in [0.3, 0.4) is 0 Å². The van der Waals surface area contributed by atoms with Crippen molar-refractivity contribution in [3.05, 3.63) is 65.2 Å². The van der Waals surface area contributed by atoms with Gasteiger partial charge in [-0.2, -0.15) is 0 Å². The maximum absolute atomic E-state index is 3.32. The van der Waals surface area contributed by atoms with E-state index in [0.29, 0.717) is 6.54 Å². The molecular formula is C17H17N. The van der Waals surface area contributed by atoms with Crippen LogP contribution in [-0.2, 0) is 0 Å².